The third-order valence-electron chi connectivity index (χ3n) is 5.78. The number of ether oxygens (including phenoxy) is 1. The summed E-state index contributed by atoms with van der Waals surface area (Å²) < 4.78 is 7.23. The molecule has 5 heteroatoms. The van der Waals surface area contributed by atoms with Crippen molar-refractivity contribution >= 4 is 11.6 Å². The number of fused-ring (bicyclic) bond motifs is 1. The lowest BCUT2D eigenvalue weighted by molar-refractivity contribution is 0.0519. The van der Waals surface area contributed by atoms with Gasteiger partial charge >= 0.3 is 5.97 Å². The van der Waals surface area contributed by atoms with Gasteiger partial charge in [0, 0.05) is 11.6 Å². The fraction of sp³-hybridized carbons (Fsp3) is 0.435. The van der Waals surface area contributed by atoms with E-state index in [4.69, 9.17) is 14.8 Å². The molecule has 1 fully saturated rings. The van der Waals surface area contributed by atoms with Crippen molar-refractivity contribution in [1.82, 2.24) is 14.6 Å². The van der Waals surface area contributed by atoms with Gasteiger partial charge in [0.25, 0.3) is 0 Å². The van der Waals surface area contributed by atoms with E-state index in [0.29, 0.717) is 18.2 Å². The van der Waals surface area contributed by atoms with E-state index in [-0.39, 0.29) is 5.97 Å². The van der Waals surface area contributed by atoms with Gasteiger partial charge in [-0.1, -0.05) is 31.0 Å². The summed E-state index contributed by atoms with van der Waals surface area (Å²) in [5.74, 6) is 0.0411. The minimum Gasteiger partial charge on any atom is -0.461 e. The third-order valence-corrected chi connectivity index (χ3v) is 5.78. The first-order valence-corrected chi connectivity index (χ1v) is 10.1. The standard InChI is InChI=1S/C23H27N3O2/c1-5-28-23(27)18-13-19(17-11-6-7-12-17)26-22(24-18)21(16(4)25-26)20-14(2)9-8-10-15(20)3/h8-10,13,17H,5-7,11-12H2,1-4H3. The van der Waals surface area contributed by atoms with Gasteiger partial charge in [0.2, 0.25) is 0 Å². The Bertz CT molecular complexity index is 1030. The maximum absolute atomic E-state index is 12.5. The minimum atomic E-state index is -0.365. The van der Waals surface area contributed by atoms with Gasteiger partial charge in [0.15, 0.2) is 11.3 Å². The molecule has 0 aliphatic heterocycles. The highest BCUT2D eigenvalue weighted by molar-refractivity contribution is 5.90. The van der Waals surface area contributed by atoms with Gasteiger partial charge in [0.1, 0.15) is 0 Å². The highest BCUT2D eigenvalue weighted by atomic mass is 16.5. The molecule has 0 atom stereocenters. The molecule has 0 spiro atoms. The number of nitrogens with zero attached hydrogens (tertiary/aromatic N) is 3. The number of aromatic nitrogens is 3. The number of aryl methyl sites for hydroxylation is 3. The van der Waals surface area contributed by atoms with Crippen LogP contribution in [0.2, 0.25) is 0 Å². The SMILES string of the molecule is CCOC(=O)c1cc(C2CCCC2)n2nc(C)c(-c3c(C)cccc3C)c2n1. The Balaban J connectivity index is 2.01. The van der Waals surface area contributed by atoms with Crippen LogP contribution in [0.25, 0.3) is 16.8 Å². The predicted molar refractivity (Wildman–Crippen MR) is 110 cm³/mol. The Morgan fingerprint density at radius 2 is 1.82 bits per heavy atom. The molecule has 0 unspecified atom stereocenters. The molecule has 2 heterocycles. The summed E-state index contributed by atoms with van der Waals surface area (Å²) in [6.45, 7) is 8.40. The van der Waals surface area contributed by atoms with E-state index in [2.05, 4.69) is 32.0 Å². The van der Waals surface area contributed by atoms with Crippen molar-refractivity contribution in [2.24, 2.45) is 0 Å². The van der Waals surface area contributed by atoms with Crippen LogP contribution in [0.5, 0.6) is 0 Å². The second-order valence-electron chi connectivity index (χ2n) is 7.73. The topological polar surface area (TPSA) is 56.5 Å². The van der Waals surface area contributed by atoms with Gasteiger partial charge in [-0.25, -0.2) is 14.3 Å². The van der Waals surface area contributed by atoms with Crippen molar-refractivity contribution in [2.75, 3.05) is 6.61 Å². The fourth-order valence-electron chi connectivity index (χ4n) is 4.47. The Hall–Kier alpha value is -2.69. The Morgan fingerprint density at radius 3 is 2.46 bits per heavy atom. The Kier molecular flexibility index (Phi) is 4.92. The molecule has 4 rings (SSSR count). The van der Waals surface area contributed by atoms with Gasteiger partial charge in [-0.3, -0.25) is 0 Å². The zero-order valence-electron chi connectivity index (χ0n) is 17.1. The van der Waals surface area contributed by atoms with Gasteiger partial charge in [-0.05, 0) is 63.3 Å². The molecule has 0 amide bonds. The van der Waals surface area contributed by atoms with E-state index in [0.717, 1.165) is 41.0 Å². The number of esters is 1. The lowest BCUT2D eigenvalue weighted by atomic mass is 9.95. The number of carbonyl (C=O) groups is 1. The minimum absolute atomic E-state index is 0.340. The van der Waals surface area contributed by atoms with Crippen molar-refractivity contribution in [3.8, 4) is 11.1 Å². The summed E-state index contributed by atoms with van der Waals surface area (Å²) in [5, 5.41) is 4.86. The zero-order chi connectivity index (χ0) is 19.8. The smallest absolute Gasteiger partial charge is 0.357 e. The van der Waals surface area contributed by atoms with Crippen LogP contribution in [-0.2, 0) is 4.74 Å². The van der Waals surface area contributed by atoms with Gasteiger partial charge in [-0.15, -0.1) is 0 Å². The van der Waals surface area contributed by atoms with Crippen LogP contribution in [0.4, 0.5) is 0 Å². The number of benzene rings is 1. The van der Waals surface area contributed by atoms with E-state index in [1.165, 1.54) is 24.0 Å². The van der Waals surface area contributed by atoms with E-state index in [1.54, 1.807) is 0 Å². The lowest BCUT2D eigenvalue weighted by Crippen LogP contribution is -2.12. The Labute approximate surface area is 165 Å². The molecule has 146 valence electrons. The molecule has 1 aliphatic carbocycles. The first kappa shape index (κ1) is 18.7. The molecule has 2 aromatic heterocycles. The van der Waals surface area contributed by atoms with Crippen molar-refractivity contribution in [3.63, 3.8) is 0 Å². The summed E-state index contributed by atoms with van der Waals surface area (Å²) >= 11 is 0. The van der Waals surface area contributed by atoms with Crippen LogP contribution >= 0.6 is 0 Å². The molecule has 1 aromatic carbocycles. The summed E-state index contributed by atoms with van der Waals surface area (Å²) in [5.41, 5.74) is 7.68. The number of hydrogen-bond acceptors (Lipinski definition) is 4. The highest BCUT2D eigenvalue weighted by Crippen LogP contribution is 2.38. The fourth-order valence-corrected chi connectivity index (χ4v) is 4.47. The molecule has 0 bridgehead atoms. The van der Waals surface area contributed by atoms with E-state index >= 15 is 0 Å². The molecule has 1 aliphatic rings. The van der Waals surface area contributed by atoms with Gasteiger partial charge in [-0.2, -0.15) is 5.10 Å². The second kappa shape index (κ2) is 7.38. The maximum atomic E-state index is 12.5. The molecule has 0 radical (unpaired) electrons. The monoisotopic (exact) mass is 377 g/mol. The van der Waals surface area contributed by atoms with E-state index in [1.807, 2.05) is 24.4 Å². The molecular weight excluding hydrogens is 350 g/mol. The van der Waals surface area contributed by atoms with Crippen molar-refractivity contribution in [1.29, 1.82) is 0 Å². The largest absolute Gasteiger partial charge is 0.461 e. The molecule has 0 N–H and O–H groups in total. The number of rotatable bonds is 4. The molecule has 3 aromatic rings. The van der Waals surface area contributed by atoms with Crippen molar-refractivity contribution < 1.29 is 9.53 Å². The normalized spacial score (nSPS) is 14.7. The summed E-state index contributed by atoms with van der Waals surface area (Å²) in [4.78, 5) is 17.3. The summed E-state index contributed by atoms with van der Waals surface area (Å²) in [6.07, 6.45) is 4.68. The predicted octanol–water partition coefficient (Wildman–Crippen LogP) is 5.16. The highest BCUT2D eigenvalue weighted by Gasteiger charge is 2.26. The van der Waals surface area contributed by atoms with Crippen LogP contribution in [0, 0.1) is 20.8 Å². The number of carbonyl (C=O) groups excluding carboxylic acids is 1. The first-order chi connectivity index (χ1) is 13.5. The van der Waals surface area contributed by atoms with Gasteiger partial charge in [0.05, 0.1) is 17.9 Å². The lowest BCUT2D eigenvalue weighted by Gasteiger charge is -2.14. The average molecular weight is 377 g/mol. The molecule has 5 nitrogen and oxygen atoms in total. The van der Waals surface area contributed by atoms with Crippen LogP contribution < -0.4 is 0 Å². The van der Waals surface area contributed by atoms with E-state index < -0.39 is 0 Å². The molecule has 1 saturated carbocycles. The van der Waals surface area contributed by atoms with Crippen LogP contribution in [-0.4, -0.2) is 27.2 Å². The maximum Gasteiger partial charge on any atom is 0.357 e. The van der Waals surface area contributed by atoms with Crippen LogP contribution in [0.1, 0.15) is 71.5 Å². The van der Waals surface area contributed by atoms with E-state index in [9.17, 15) is 4.79 Å². The first-order valence-electron chi connectivity index (χ1n) is 10.1. The van der Waals surface area contributed by atoms with Crippen LogP contribution in [0.15, 0.2) is 24.3 Å². The zero-order valence-corrected chi connectivity index (χ0v) is 17.1. The van der Waals surface area contributed by atoms with Gasteiger partial charge < -0.3 is 4.74 Å². The van der Waals surface area contributed by atoms with Crippen LogP contribution in [0.3, 0.4) is 0 Å². The summed E-state index contributed by atoms with van der Waals surface area (Å²) in [6, 6.07) is 8.18. The molecular formula is C23H27N3O2. The average Bonchev–Trinajstić information content (AvgIpc) is 3.29. The molecule has 28 heavy (non-hydrogen) atoms. The second-order valence-corrected chi connectivity index (χ2v) is 7.73. The molecule has 0 saturated heterocycles. The number of hydrogen-bond donors (Lipinski definition) is 0. The Morgan fingerprint density at radius 1 is 1.14 bits per heavy atom. The summed E-state index contributed by atoms with van der Waals surface area (Å²) in [7, 11) is 0. The van der Waals surface area contributed by atoms with Crippen molar-refractivity contribution in [2.45, 2.75) is 59.3 Å². The quantitative estimate of drug-likeness (QED) is 0.590. The van der Waals surface area contributed by atoms with Crippen molar-refractivity contribution in [3.05, 3.63) is 52.5 Å². The third kappa shape index (κ3) is 3.09.